The molecule has 31 heavy (non-hydrogen) atoms. The predicted molar refractivity (Wildman–Crippen MR) is 113 cm³/mol. The van der Waals surface area contributed by atoms with E-state index in [1.807, 2.05) is 30.3 Å². The van der Waals surface area contributed by atoms with Crippen LogP contribution in [0.4, 0.5) is 5.69 Å². The molecule has 0 aliphatic rings. The number of benzene rings is 3. The molecule has 3 aromatic rings. The summed E-state index contributed by atoms with van der Waals surface area (Å²) in [7, 11) is 0. The van der Waals surface area contributed by atoms with Crippen LogP contribution in [-0.2, 0) is 11.4 Å². The summed E-state index contributed by atoms with van der Waals surface area (Å²) in [5.41, 5.74) is 3.22. The summed E-state index contributed by atoms with van der Waals surface area (Å²) in [5, 5.41) is 23.9. The minimum Gasteiger partial charge on any atom is -0.502 e. The van der Waals surface area contributed by atoms with Crippen LogP contribution in [0, 0.1) is 10.1 Å². The number of phenolic OH excluding ortho intramolecular Hbond substituents is 1. The number of nitro groups is 1. The van der Waals surface area contributed by atoms with Gasteiger partial charge in [0, 0.05) is 11.6 Å². The summed E-state index contributed by atoms with van der Waals surface area (Å²) in [6.45, 7) is 0.183. The molecule has 0 unspecified atom stereocenters. The molecule has 0 atom stereocenters. The Morgan fingerprint density at radius 1 is 1.03 bits per heavy atom. The first-order valence-corrected chi connectivity index (χ1v) is 9.20. The fraction of sp³-hybridized carbons (Fsp3) is 0.0909. The van der Waals surface area contributed by atoms with Crippen LogP contribution in [0.2, 0.25) is 0 Å². The fourth-order valence-corrected chi connectivity index (χ4v) is 2.50. The lowest BCUT2D eigenvalue weighted by Gasteiger charge is -2.08. The average molecular weight is 421 g/mol. The van der Waals surface area contributed by atoms with E-state index in [-0.39, 0.29) is 6.61 Å². The van der Waals surface area contributed by atoms with Crippen molar-refractivity contribution in [2.75, 3.05) is 6.61 Å². The Morgan fingerprint density at radius 3 is 2.39 bits per heavy atom. The van der Waals surface area contributed by atoms with Crippen molar-refractivity contribution in [2.45, 2.75) is 6.61 Å². The Bertz CT molecular complexity index is 1070. The van der Waals surface area contributed by atoms with E-state index in [0.717, 1.165) is 11.6 Å². The zero-order valence-electron chi connectivity index (χ0n) is 16.3. The summed E-state index contributed by atoms with van der Waals surface area (Å²) in [6.07, 6.45) is 1.23. The lowest BCUT2D eigenvalue weighted by molar-refractivity contribution is -0.385. The molecular formula is C22H19N3O6. The number of rotatable bonds is 9. The molecule has 2 N–H and O–H groups in total. The molecule has 0 heterocycles. The van der Waals surface area contributed by atoms with Crippen LogP contribution in [0.1, 0.15) is 11.1 Å². The first-order chi connectivity index (χ1) is 15.0. The molecule has 3 rings (SSSR count). The van der Waals surface area contributed by atoms with Gasteiger partial charge in [0.2, 0.25) is 0 Å². The molecule has 0 aromatic heterocycles. The molecule has 0 saturated heterocycles. The monoisotopic (exact) mass is 421 g/mol. The Hall–Kier alpha value is -4.40. The van der Waals surface area contributed by atoms with Crippen molar-refractivity contribution >= 4 is 17.8 Å². The molecule has 1 amide bonds. The van der Waals surface area contributed by atoms with Crippen molar-refractivity contribution in [2.24, 2.45) is 5.10 Å². The molecule has 9 heteroatoms. The predicted octanol–water partition coefficient (Wildman–Crippen LogP) is 3.41. The second-order valence-corrected chi connectivity index (χ2v) is 6.33. The topological polar surface area (TPSA) is 123 Å². The van der Waals surface area contributed by atoms with Crippen LogP contribution < -0.4 is 14.9 Å². The van der Waals surface area contributed by atoms with Gasteiger partial charge >= 0.3 is 5.69 Å². The van der Waals surface area contributed by atoms with Gasteiger partial charge in [0.25, 0.3) is 5.91 Å². The number of hydrogen-bond donors (Lipinski definition) is 2. The Balaban J connectivity index is 1.43. The molecule has 0 spiro atoms. The van der Waals surface area contributed by atoms with Crippen molar-refractivity contribution in [3.05, 3.63) is 94.0 Å². The number of amides is 1. The van der Waals surface area contributed by atoms with Crippen molar-refractivity contribution in [3.63, 3.8) is 0 Å². The molecule has 3 aromatic carbocycles. The third-order valence-corrected chi connectivity index (χ3v) is 4.04. The Kier molecular flexibility index (Phi) is 7.15. The maximum absolute atomic E-state index is 11.8. The van der Waals surface area contributed by atoms with Gasteiger partial charge in [-0.15, -0.1) is 0 Å². The quantitative estimate of drug-likeness (QED) is 0.310. The highest BCUT2D eigenvalue weighted by Gasteiger charge is 2.12. The molecule has 0 saturated carbocycles. The van der Waals surface area contributed by atoms with E-state index in [9.17, 15) is 20.0 Å². The van der Waals surface area contributed by atoms with Crippen LogP contribution in [0.25, 0.3) is 0 Å². The fourth-order valence-electron chi connectivity index (χ4n) is 2.50. The highest BCUT2D eigenvalue weighted by Crippen LogP contribution is 2.25. The van der Waals surface area contributed by atoms with Crippen molar-refractivity contribution < 1.29 is 24.3 Å². The number of ether oxygens (including phenoxy) is 2. The first kappa shape index (κ1) is 21.3. The number of hydrazone groups is 1. The third-order valence-electron chi connectivity index (χ3n) is 4.04. The van der Waals surface area contributed by atoms with Crippen molar-refractivity contribution in [1.29, 1.82) is 0 Å². The largest absolute Gasteiger partial charge is 0.502 e. The van der Waals surface area contributed by atoms with Gasteiger partial charge in [0.1, 0.15) is 18.1 Å². The summed E-state index contributed by atoms with van der Waals surface area (Å²) < 4.78 is 11.1. The molecule has 0 radical (unpaired) electrons. The van der Waals surface area contributed by atoms with E-state index in [2.05, 4.69) is 10.5 Å². The summed E-state index contributed by atoms with van der Waals surface area (Å²) in [5.74, 6) is 0.207. The van der Waals surface area contributed by atoms with E-state index in [1.54, 1.807) is 24.3 Å². The molecule has 0 aliphatic carbocycles. The number of aromatic hydroxyl groups is 1. The molecule has 0 fully saturated rings. The zero-order chi connectivity index (χ0) is 22.1. The van der Waals surface area contributed by atoms with Gasteiger partial charge in [0.05, 0.1) is 11.1 Å². The lowest BCUT2D eigenvalue weighted by Crippen LogP contribution is -2.24. The average Bonchev–Trinajstić information content (AvgIpc) is 2.78. The van der Waals surface area contributed by atoms with Gasteiger partial charge in [-0.05, 0) is 42.0 Å². The number of nitro benzene ring substituents is 1. The van der Waals surface area contributed by atoms with E-state index >= 15 is 0 Å². The van der Waals surface area contributed by atoms with Crippen LogP contribution in [0.15, 0.2) is 77.9 Å². The SMILES string of the molecule is O=C(COc1ccc(OCc2ccccc2)cc1)N/N=C/c1ccc(O)c([N+](=O)[O-])c1. The molecule has 0 aliphatic heterocycles. The van der Waals surface area contributed by atoms with E-state index in [4.69, 9.17) is 9.47 Å². The smallest absolute Gasteiger partial charge is 0.311 e. The normalized spacial score (nSPS) is 10.6. The van der Waals surface area contributed by atoms with E-state index in [0.29, 0.717) is 23.7 Å². The molecule has 9 nitrogen and oxygen atoms in total. The summed E-state index contributed by atoms with van der Waals surface area (Å²) in [4.78, 5) is 21.9. The highest BCUT2D eigenvalue weighted by atomic mass is 16.6. The van der Waals surface area contributed by atoms with Gasteiger partial charge in [-0.2, -0.15) is 5.10 Å². The number of carbonyl (C=O) groups excluding carboxylic acids is 1. The second-order valence-electron chi connectivity index (χ2n) is 6.33. The molecular weight excluding hydrogens is 402 g/mol. The second kappa shape index (κ2) is 10.4. The number of carbonyl (C=O) groups is 1. The summed E-state index contributed by atoms with van der Waals surface area (Å²) >= 11 is 0. The number of hydrogen-bond acceptors (Lipinski definition) is 7. The highest BCUT2D eigenvalue weighted by molar-refractivity contribution is 5.84. The van der Waals surface area contributed by atoms with Gasteiger partial charge in [0.15, 0.2) is 12.4 Å². The minimum atomic E-state index is -0.711. The molecule has 158 valence electrons. The third kappa shape index (κ3) is 6.57. The van der Waals surface area contributed by atoms with Crippen LogP contribution >= 0.6 is 0 Å². The standard InChI is InChI=1S/C22H19N3O6/c26-21-11-6-17(12-20(21)25(28)29)13-23-24-22(27)15-31-19-9-7-18(8-10-19)30-14-16-4-2-1-3-5-16/h1-13,26H,14-15H2,(H,24,27)/b23-13+. The van der Waals surface area contributed by atoms with Crippen LogP contribution in [0.3, 0.4) is 0 Å². The van der Waals surface area contributed by atoms with Gasteiger partial charge < -0.3 is 14.6 Å². The number of phenols is 1. The Morgan fingerprint density at radius 2 is 1.71 bits per heavy atom. The zero-order valence-corrected chi connectivity index (χ0v) is 16.3. The summed E-state index contributed by atoms with van der Waals surface area (Å²) in [6, 6.07) is 20.4. The van der Waals surface area contributed by atoms with Gasteiger partial charge in [-0.25, -0.2) is 5.43 Å². The van der Waals surface area contributed by atoms with E-state index in [1.165, 1.54) is 18.3 Å². The minimum absolute atomic E-state index is 0.267. The maximum atomic E-state index is 11.8. The van der Waals surface area contributed by atoms with E-state index < -0.39 is 22.3 Å². The van der Waals surface area contributed by atoms with Crippen molar-refractivity contribution in [3.8, 4) is 17.2 Å². The Labute approximate surface area is 177 Å². The lowest BCUT2D eigenvalue weighted by atomic mass is 10.2. The van der Waals surface area contributed by atoms with Gasteiger partial charge in [-0.1, -0.05) is 30.3 Å². The number of nitrogens with one attached hydrogen (secondary N) is 1. The van der Waals surface area contributed by atoms with Crippen molar-refractivity contribution in [1.82, 2.24) is 5.43 Å². The molecule has 0 bridgehead atoms. The number of nitrogens with zero attached hydrogens (tertiary/aromatic N) is 2. The van der Waals surface area contributed by atoms with Crippen LogP contribution in [0.5, 0.6) is 17.2 Å². The maximum Gasteiger partial charge on any atom is 0.311 e. The van der Waals surface area contributed by atoms with Gasteiger partial charge in [-0.3, -0.25) is 14.9 Å². The first-order valence-electron chi connectivity index (χ1n) is 9.20. The van der Waals surface area contributed by atoms with Crippen LogP contribution in [-0.4, -0.2) is 28.8 Å².